The van der Waals surface area contributed by atoms with Crippen molar-refractivity contribution in [2.45, 2.75) is 37.2 Å². The van der Waals surface area contributed by atoms with E-state index in [1.54, 1.807) is 16.4 Å². The van der Waals surface area contributed by atoms with Crippen molar-refractivity contribution >= 4 is 37.3 Å². The van der Waals surface area contributed by atoms with Gasteiger partial charge in [-0.1, -0.05) is 13.0 Å². The molecule has 112 valence electrons. The molecule has 0 saturated heterocycles. The van der Waals surface area contributed by atoms with E-state index in [0.717, 1.165) is 24.3 Å². The van der Waals surface area contributed by atoms with E-state index in [0.29, 0.717) is 21.8 Å². The molecule has 1 saturated carbocycles. The smallest absolute Gasteiger partial charge is 0.245 e. The Morgan fingerprint density at radius 2 is 2.30 bits per heavy atom. The summed E-state index contributed by atoms with van der Waals surface area (Å²) in [6.45, 7) is 7.62. The Bertz CT molecular complexity index is 579. The summed E-state index contributed by atoms with van der Waals surface area (Å²) in [4.78, 5) is 1.40. The highest BCUT2D eigenvalue weighted by molar-refractivity contribution is 9.11. The van der Waals surface area contributed by atoms with Gasteiger partial charge in [0, 0.05) is 24.0 Å². The first kappa shape index (κ1) is 16.2. The summed E-state index contributed by atoms with van der Waals surface area (Å²) >= 11 is 4.86. The molecule has 0 radical (unpaired) electrons. The minimum atomic E-state index is -3.44. The number of sulfonamides is 1. The Kier molecular flexibility index (Phi) is 5.42. The van der Waals surface area contributed by atoms with E-state index >= 15 is 0 Å². The van der Waals surface area contributed by atoms with Gasteiger partial charge in [0.05, 0.1) is 3.79 Å². The van der Waals surface area contributed by atoms with Crippen LogP contribution in [0.3, 0.4) is 0 Å². The number of hydrogen-bond donors (Lipinski definition) is 1. The van der Waals surface area contributed by atoms with Gasteiger partial charge in [-0.2, -0.15) is 4.31 Å². The average Bonchev–Trinajstić information content (AvgIpc) is 3.16. The molecule has 1 N–H and O–H groups in total. The van der Waals surface area contributed by atoms with Gasteiger partial charge in [0.25, 0.3) is 0 Å². The molecule has 0 aliphatic heterocycles. The van der Waals surface area contributed by atoms with Gasteiger partial charge in [-0.15, -0.1) is 17.9 Å². The summed E-state index contributed by atoms with van der Waals surface area (Å²) in [5.74, 6) is 0. The molecule has 1 heterocycles. The summed E-state index contributed by atoms with van der Waals surface area (Å²) in [5.41, 5.74) is 0. The average molecular weight is 379 g/mol. The summed E-state index contributed by atoms with van der Waals surface area (Å²) in [7, 11) is -3.44. The van der Waals surface area contributed by atoms with E-state index in [4.69, 9.17) is 0 Å². The fourth-order valence-electron chi connectivity index (χ4n) is 1.97. The van der Waals surface area contributed by atoms with Crippen molar-refractivity contribution in [2.75, 3.05) is 13.1 Å². The van der Waals surface area contributed by atoms with E-state index in [-0.39, 0.29) is 6.04 Å². The maximum absolute atomic E-state index is 12.7. The zero-order chi connectivity index (χ0) is 14.8. The maximum atomic E-state index is 12.7. The molecule has 2 rings (SSSR count). The molecule has 0 aromatic carbocycles. The van der Waals surface area contributed by atoms with Crippen LogP contribution in [0.15, 0.2) is 27.4 Å². The molecule has 7 heteroatoms. The second-order valence-corrected chi connectivity index (χ2v) is 9.04. The maximum Gasteiger partial charge on any atom is 0.245 e. The van der Waals surface area contributed by atoms with Crippen molar-refractivity contribution in [3.05, 3.63) is 27.4 Å². The van der Waals surface area contributed by atoms with Crippen LogP contribution in [0, 0.1) is 0 Å². The third-order valence-corrected chi connectivity index (χ3v) is 7.28. The molecule has 4 nitrogen and oxygen atoms in total. The quantitative estimate of drug-likeness (QED) is 0.707. The van der Waals surface area contributed by atoms with Gasteiger partial charge in [-0.3, -0.25) is 0 Å². The van der Waals surface area contributed by atoms with Crippen molar-refractivity contribution in [3.63, 3.8) is 0 Å². The van der Waals surface area contributed by atoms with E-state index in [2.05, 4.69) is 27.8 Å². The monoisotopic (exact) mass is 378 g/mol. The van der Waals surface area contributed by atoms with E-state index in [9.17, 15) is 8.42 Å². The predicted molar refractivity (Wildman–Crippen MR) is 86.5 cm³/mol. The van der Waals surface area contributed by atoms with Crippen molar-refractivity contribution in [1.82, 2.24) is 9.62 Å². The Balaban J connectivity index is 2.27. The van der Waals surface area contributed by atoms with Gasteiger partial charge < -0.3 is 5.32 Å². The normalized spacial score (nSPS) is 15.8. The molecule has 1 aromatic rings. The Morgan fingerprint density at radius 1 is 1.60 bits per heavy atom. The Hall–Kier alpha value is -0.210. The second kappa shape index (κ2) is 6.70. The van der Waals surface area contributed by atoms with Gasteiger partial charge in [-0.25, -0.2) is 8.42 Å². The Morgan fingerprint density at radius 3 is 2.85 bits per heavy atom. The fourth-order valence-corrected chi connectivity index (χ4v) is 6.23. The number of nitrogens with one attached hydrogen (secondary N) is 1. The molecule has 1 aromatic heterocycles. The fraction of sp³-hybridized carbons (Fsp3) is 0.538. The molecule has 0 bridgehead atoms. The standard InChI is InChI=1S/C13H19BrN2O2S2/c1-3-7-16(10-5-6-10)20(17,18)12-8-11(9-15-4-2)19-13(12)14/h3,8,10,15H,1,4-7,9H2,2H3. The SMILES string of the molecule is C=CCN(C1CC1)S(=O)(=O)c1cc(CNCC)sc1Br. The van der Waals surface area contributed by atoms with Gasteiger partial charge in [0.1, 0.15) is 4.90 Å². The first-order valence-corrected chi connectivity index (χ1v) is 9.67. The minimum Gasteiger partial charge on any atom is -0.312 e. The van der Waals surface area contributed by atoms with Crippen LogP contribution in [0.1, 0.15) is 24.6 Å². The van der Waals surface area contributed by atoms with Crippen molar-refractivity contribution < 1.29 is 8.42 Å². The zero-order valence-electron chi connectivity index (χ0n) is 11.4. The third-order valence-electron chi connectivity index (χ3n) is 3.11. The van der Waals surface area contributed by atoms with Crippen molar-refractivity contribution in [3.8, 4) is 0 Å². The summed E-state index contributed by atoms with van der Waals surface area (Å²) in [6, 6.07) is 1.91. The molecule has 1 aliphatic carbocycles. The number of nitrogens with zero attached hydrogens (tertiary/aromatic N) is 1. The number of rotatable bonds is 8. The van der Waals surface area contributed by atoms with Crippen LogP contribution in [0.2, 0.25) is 0 Å². The lowest BCUT2D eigenvalue weighted by molar-refractivity contribution is 0.436. The minimum absolute atomic E-state index is 0.141. The van der Waals surface area contributed by atoms with Gasteiger partial charge in [0.15, 0.2) is 0 Å². The van der Waals surface area contributed by atoms with Crippen LogP contribution in [0.5, 0.6) is 0 Å². The van der Waals surface area contributed by atoms with Gasteiger partial charge >= 0.3 is 0 Å². The summed E-state index contributed by atoms with van der Waals surface area (Å²) in [5, 5.41) is 3.21. The van der Waals surface area contributed by atoms with Crippen LogP contribution in [-0.2, 0) is 16.6 Å². The molecule has 0 spiro atoms. The lowest BCUT2D eigenvalue weighted by Gasteiger charge is -2.19. The van der Waals surface area contributed by atoms with Crippen LogP contribution < -0.4 is 5.32 Å². The molecular formula is C13H19BrN2O2S2. The molecule has 20 heavy (non-hydrogen) atoms. The molecule has 0 amide bonds. The highest BCUT2D eigenvalue weighted by Crippen LogP contribution is 2.37. The molecule has 1 fully saturated rings. The lowest BCUT2D eigenvalue weighted by Crippen LogP contribution is -2.33. The van der Waals surface area contributed by atoms with Gasteiger partial charge in [0.2, 0.25) is 10.0 Å². The predicted octanol–water partition coefficient (Wildman–Crippen LogP) is 2.96. The van der Waals surface area contributed by atoms with Crippen LogP contribution in [0.25, 0.3) is 0 Å². The summed E-state index contributed by atoms with van der Waals surface area (Å²) < 4.78 is 27.7. The first-order valence-electron chi connectivity index (χ1n) is 6.62. The largest absolute Gasteiger partial charge is 0.312 e. The summed E-state index contributed by atoms with van der Waals surface area (Å²) in [6.07, 6.45) is 3.54. The van der Waals surface area contributed by atoms with E-state index in [1.165, 1.54) is 11.3 Å². The third kappa shape index (κ3) is 3.51. The molecule has 0 unspecified atom stereocenters. The number of hydrogen-bond acceptors (Lipinski definition) is 4. The Labute approximate surface area is 133 Å². The molecule has 1 aliphatic rings. The van der Waals surface area contributed by atoms with Crippen molar-refractivity contribution in [2.24, 2.45) is 0 Å². The van der Waals surface area contributed by atoms with Crippen LogP contribution in [-0.4, -0.2) is 31.9 Å². The van der Waals surface area contributed by atoms with Gasteiger partial charge in [-0.05, 0) is 41.4 Å². The van der Waals surface area contributed by atoms with E-state index < -0.39 is 10.0 Å². The number of halogens is 1. The highest BCUT2D eigenvalue weighted by Gasteiger charge is 2.38. The second-order valence-electron chi connectivity index (χ2n) is 4.73. The first-order chi connectivity index (χ1) is 9.50. The lowest BCUT2D eigenvalue weighted by atomic mass is 10.4. The van der Waals surface area contributed by atoms with E-state index in [1.807, 2.05) is 6.92 Å². The van der Waals surface area contributed by atoms with Crippen LogP contribution >= 0.6 is 27.3 Å². The molecule has 0 atom stereocenters. The highest BCUT2D eigenvalue weighted by atomic mass is 79.9. The van der Waals surface area contributed by atoms with Crippen LogP contribution in [0.4, 0.5) is 0 Å². The zero-order valence-corrected chi connectivity index (χ0v) is 14.7. The number of thiophene rings is 1. The molecular weight excluding hydrogens is 360 g/mol. The van der Waals surface area contributed by atoms with Crippen molar-refractivity contribution in [1.29, 1.82) is 0 Å². The topological polar surface area (TPSA) is 49.4 Å².